The monoisotopic (exact) mass is 360 g/mol. The minimum absolute atomic E-state index is 0.0818. The Morgan fingerprint density at radius 3 is 2.67 bits per heavy atom. The molecule has 1 atom stereocenters. The Labute approximate surface area is 159 Å². The number of aromatic nitrogens is 1. The zero-order valence-electron chi connectivity index (χ0n) is 15.4. The molecular weight excluding hydrogens is 336 g/mol. The van der Waals surface area contributed by atoms with Crippen LogP contribution in [-0.4, -0.2) is 35.0 Å². The fraction of sp³-hybridized carbons (Fsp3) is 0.304. The summed E-state index contributed by atoms with van der Waals surface area (Å²) in [6.07, 6.45) is 2.29. The van der Waals surface area contributed by atoms with Crippen LogP contribution in [0.3, 0.4) is 0 Å². The van der Waals surface area contributed by atoms with Crippen LogP contribution in [0.1, 0.15) is 24.1 Å². The summed E-state index contributed by atoms with van der Waals surface area (Å²) in [6.45, 7) is 1.85. The fourth-order valence-electron chi connectivity index (χ4n) is 3.54. The standard InChI is InChI=1S/C23H24N2O2/c26-23(22-11-6-16-27-22)25(15-14-18-7-2-1-3-8-18)17-20-13-12-19-9-4-5-10-21(19)24-20/h1-5,7-10,12-13,22H,6,11,14-17H2/t22-/m0/s1. The molecule has 4 rings (SSSR count). The van der Waals surface area contributed by atoms with Crippen LogP contribution >= 0.6 is 0 Å². The van der Waals surface area contributed by atoms with Crippen molar-refractivity contribution < 1.29 is 9.53 Å². The number of ether oxygens (including phenoxy) is 1. The molecule has 1 aliphatic heterocycles. The number of carbonyl (C=O) groups excluding carboxylic acids is 1. The van der Waals surface area contributed by atoms with Gasteiger partial charge in [0.15, 0.2) is 0 Å². The van der Waals surface area contributed by atoms with Crippen molar-refractivity contribution in [2.24, 2.45) is 0 Å². The first-order valence-electron chi connectivity index (χ1n) is 9.58. The third-order valence-corrected chi connectivity index (χ3v) is 5.04. The zero-order valence-corrected chi connectivity index (χ0v) is 15.4. The first kappa shape index (κ1) is 17.7. The minimum atomic E-state index is -0.304. The second kappa shape index (κ2) is 8.31. The second-order valence-corrected chi connectivity index (χ2v) is 6.99. The average Bonchev–Trinajstić information content (AvgIpc) is 3.26. The molecule has 3 aromatic rings. The van der Waals surface area contributed by atoms with E-state index in [1.807, 2.05) is 47.4 Å². The van der Waals surface area contributed by atoms with Crippen LogP contribution in [0, 0.1) is 0 Å². The smallest absolute Gasteiger partial charge is 0.252 e. The van der Waals surface area contributed by atoms with Crippen LogP contribution in [0.15, 0.2) is 66.7 Å². The maximum absolute atomic E-state index is 13.0. The summed E-state index contributed by atoms with van der Waals surface area (Å²) >= 11 is 0. The fourth-order valence-corrected chi connectivity index (χ4v) is 3.54. The number of pyridine rings is 1. The largest absolute Gasteiger partial charge is 0.368 e. The van der Waals surface area contributed by atoms with E-state index < -0.39 is 0 Å². The lowest BCUT2D eigenvalue weighted by Gasteiger charge is -2.25. The quantitative estimate of drug-likeness (QED) is 0.668. The number of para-hydroxylation sites is 1. The Hall–Kier alpha value is -2.72. The van der Waals surface area contributed by atoms with Crippen molar-refractivity contribution in [1.82, 2.24) is 9.88 Å². The van der Waals surface area contributed by atoms with Crippen molar-refractivity contribution in [1.29, 1.82) is 0 Å². The molecule has 0 spiro atoms. The van der Waals surface area contributed by atoms with Crippen molar-refractivity contribution in [3.63, 3.8) is 0 Å². The van der Waals surface area contributed by atoms with Gasteiger partial charge in [-0.25, -0.2) is 0 Å². The Morgan fingerprint density at radius 2 is 1.85 bits per heavy atom. The predicted molar refractivity (Wildman–Crippen MR) is 106 cm³/mol. The van der Waals surface area contributed by atoms with Gasteiger partial charge in [0.1, 0.15) is 6.10 Å². The number of hydrogen-bond donors (Lipinski definition) is 0. The number of nitrogens with zero attached hydrogens (tertiary/aromatic N) is 2. The third-order valence-electron chi connectivity index (χ3n) is 5.04. The molecule has 0 aliphatic carbocycles. The van der Waals surface area contributed by atoms with E-state index in [9.17, 15) is 4.79 Å². The highest BCUT2D eigenvalue weighted by Gasteiger charge is 2.28. The molecule has 0 radical (unpaired) electrons. The minimum Gasteiger partial charge on any atom is -0.368 e. The number of hydrogen-bond acceptors (Lipinski definition) is 3. The molecule has 0 N–H and O–H groups in total. The SMILES string of the molecule is O=C([C@@H]1CCCO1)N(CCc1ccccc1)Cc1ccc2ccccc2n1. The highest BCUT2D eigenvalue weighted by atomic mass is 16.5. The maximum atomic E-state index is 13.0. The Kier molecular flexibility index (Phi) is 5.45. The summed E-state index contributed by atoms with van der Waals surface area (Å²) in [6, 6.07) is 22.4. The summed E-state index contributed by atoms with van der Waals surface area (Å²) in [5.41, 5.74) is 3.10. The molecular formula is C23H24N2O2. The van der Waals surface area contributed by atoms with Crippen LogP contribution in [0.25, 0.3) is 10.9 Å². The van der Waals surface area contributed by atoms with Gasteiger partial charge in [-0.05, 0) is 37.0 Å². The molecule has 27 heavy (non-hydrogen) atoms. The Bertz CT molecular complexity index is 904. The molecule has 138 valence electrons. The molecule has 4 heteroatoms. The van der Waals surface area contributed by atoms with Gasteiger partial charge in [0.25, 0.3) is 5.91 Å². The molecule has 0 saturated carbocycles. The number of carbonyl (C=O) groups is 1. The normalized spacial score (nSPS) is 16.5. The van der Waals surface area contributed by atoms with E-state index in [1.165, 1.54) is 5.56 Å². The van der Waals surface area contributed by atoms with Gasteiger partial charge in [0.2, 0.25) is 0 Å². The lowest BCUT2D eigenvalue weighted by molar-refractivity contribution is -0.141. The highest BCUT2D eigenvalue weighted by molar-refractivity contribution is 5.81. The van der Waals surface area contributed by atoms with Crippen molar-refractivity contribution in [3.05, 3.63) is 78.0 Å². The van der Waals surface area contributed by atoms with E-state index in [0.29, 0.717) is 19.7 Å². The molecule has 4 nitrogen and oxygen atoms in total. The lowest BCUT2D eigenvalue weighted by Crippen LogP contribution is -2.39. The van der Waals surface area contributed by atoms with Crippen molar-refractivity contribution >= 4 is 16.8 Å². The van der Waals surface area contributed by atoms with E-state index in [0.717, 1.165) is 35.9 Å². The van der Waals surface area contributed by atoms with Crippen LogP contribution < -0.4 is 0 Å². The highest BCUT2D eigenvalue weighted by Crippen LogP contribution is 2.18. The van der Waals surface area contributed by atoms with E-state index in [4.69, 9.17) is 9.72 Å². The number of benzene rings is 2. The number of fused-ring (bicyclic) bond motifs is 1. The third kappa shape index (κ3) is 4.34. The van der Waals surface area contributed by atoms with Gasteiger partial charge in [-0.2, -0.15) is 0 Å². The molecule has 1 aromatic heterocycles. The van der Waals surface area contributed by atoms with Gasteiger partial charge in [-0.3, -0.25) is 9.78 Å². The van der Waals surface area contributed by atoms with Crippen molar-refractivity contribution in [2.45, 2.75) is 31.9 Å². The topological polar surface area (TPSA) is 42.4 Å². The number of amides is 1. The van der Waals surface area contributed by atoms with Crippen molar-refractivity contribution in [3.8, 4) is 0 Å². The van der Waals surface area contributed by atoms with Crippen LogP contribution in [0.2, 0.25) is 0 Å². The van der Waals surface area contributed by atoms with Gasteiger partial charge in [-0.15, -0.1) is 0 Å². The van der Waals surface area contributed by atoms with Crippen LogP contribution in [0.5, 0.6) is 0 Å². The van der Waals surface area contributed by atoms with Crippen molar-refractivity contribution in [2.75, 3.05) is 13.2 Å². The molecule has 2 heterocycles. The average molecular weight is 360 g/mol. The van der Waals surface area contributed by atoms with E-state index >= 15 is 0 Å². The van der Waals surface area contributed by atoms with Gasteiger partial charge in [-0.1, -0.05) is 54.6 Å². The molecule has 0 bridgehead atoms. The Balaban J connectivity index is 1.52. The molecule has 1 fully saturated rings. The summed E-state index contributed by atoms with van der Waals surface area (Å²) in [5.74, 6) is 0.0818. The summed E-state index contributed by atoms with van der Waals surface area (Å²) in [7, 11) is 0. The van der Waals surface area contributed by atoms with E-state index in [-0.39, 0.29) is 12.0 Å². The van der Waals surface area contributed by atoms with Gasteiger partial charge < -0.3 is 9.64 Å². The van der Waals surface area contributed by atoms with Gasteiger partial charge in [0, 0.05) is 18.5 Å². The van der Waals surface area contributed by atoms with Gasteiger partial charge >= 0.3 is 0 Å². The molecule has 1 saturated heterocycles. The molecule has 1 amide bonds. The maximum Gasteiger partial charge on any atom is 0.252 e. The molecule has 2 aromatic carbocycles. The summed E-state index contributed by atoms with van der Waals surface area (Å²) in [5, 5.41) is 1.11. The van der Waals surface area contributed by atoms with Crippen LogP contribution in [0.4, 0.5) is 0 Å². The van der Waals surface area contributed by atoms with Gasteiger partial charge in [0.05, 0.1) is 17.8 Å². The first-order valence-corrected chi connectivity index (χ1v) is 9.58. The predicted octanol–water partition coefficient (Wildman–Crippen LogP) is 3.99. The summed E-state index contributed by atoms with van der Waals surface area (Å²) < 4.78 is 5.64. The van der Waals surface area contributed by atoms with E-state index in [2.05, 4.69) is 24.3 Å². The molecule has 0 unspecified atom stereocenters. The Morgan fingerprint density at radius 1 is 1.04 bits per heavy atom. The second-order valence-electron chi connectivity index (χ2n) is 6.99. The van der Waals surface area contributed by atoms with E-state index in [1.54, 1.807) is 0 Å². The lowest BCUT2D eigenvalue weighted by atomic mass is 10.1. The first-order chi connectivity index (χ1) is 13.3. The summed E-state index contributed by atoms with van der Waals surface area (Å²) in [4.78, 5) is 19.7. The zero-order chi connectivity index (χ0) is 18.5. The molecule has 1 aliphatic rings. The van der Waals surface area contributed by atoms with Crippen LogP contribution in [-0.2, 0) is 22.5 Å². The number of rotatable bonds is 6.